The number of benzene rings is 1. The van der Waals surface area contributed by atoms with Crippen LogP contribution in [0.2, 0.25) is 0 Å². The van der Waals surface area contributed by atoms with Crippen molar-refractivity contribution in [1.29, 1.82) is 0 Å². The Morgan fingerprint density at radius 3 is 2.61 bits per heavy atom. The smallest absolute Gasteiger partial charge is 0.281 e. The zero-order chi connectivity index (χ0) is 26.2. The Hall–Kier alpha value is -3.54. The fourth-order valence-corrected chi connectivity index (χ4v) is 4.40. The number of hydrogen-bond acceptors (Lipinski definition) is 6. The van der Waals surface area contributed by atoms with Crippen LogP contribution >= 0.6 is 11.3 Å². The molecule has 8 nitrogen and oxygen atoms in total. The molecule has 4 heterocycles. The number of halogens is 3. The van der Waals surface area contributed by atoms with Crippen molar-refractivity contribution in [2.75, 3.05) is 0 Å². The number of alkyl halides is 2. The minimum Gasteiger partial charge on any atom is -0.347 e. The van der Waals surface area contributed by atoms with E-state index in [0.29, 0.717) is 42.2 Å². The number of H-pyrrole nitrogens is 1. The van der Waals surface area contributed by atoms with Crippen LogP contribution in [-0.2, 0) is 13.0 Å². The first-order valence-corrected chi connectivity index (χ1v) is 12.6. The van der Waals surface area contributed by atoms with Gasteiger partial charge in [-0.25, -0.2) is 27.8 Å². The highest BCUT2D eigenvalue weighted by Gasteiger charge is 2.27. The Kier molecular flexibility index (Phi) is 9.34. The van der Waals surface area contributed by atoms with Gasteiger partial charge in [0.1, 0.15) is 28.0 Å². The van der Waals surface area contributed by atoms with Crippen LogP contribution in [0.15, 0.2) is 35.8 Å². The van der Waals surface area contributed by atoms with Gasteiger partial charge in [0, 0.05) is 24.4 Å². The summed E-state index contributed by atoms with van der Waals surface area (Å²) in [4.78, 5) is 21.2. The van der Waals surface area contributed by atoms with E-state index in [1.54, 1.807) is 22.9 Å². The summed E-state index contributed by atoms with van der Waals surface area (Å²) in [6, 6.07) is 6.07. The standard InChI is InChI=1S/C20H16F3N7OS.2C2H6/c21-13-4-2-1-3-11(13)18-27-15-7-10(5-6-30(15)29-18)25-19(31)16-12(8-24-28-16)20-26-14(9-32-20)17(22)23;2*1-2/h1-4,8-10,17H,5-7H2,(H,24,28)(H,25,31);2*1-2H3. The predicted octanol–water partition coefficient (Wildman–Crippen LogP) is 5.67. The summed E-state index contributed by atoms with van der Waals surface area (Å²) in [6.07, 6.45) is -0.266. The van der Waals surface area contributed by atoms with Gasteiger partial charge in [0.25, 0.3) is 12.3 Å². The monoisotopic (exact) mass is 519 g/mol. The lowest BCUT2D eigenvalue weighted by atomic mass is 10.1. The number of nitrogens with one attached hydrogen (secondary N) is 2. The van der Waals surface area contributed by atoms with Crippen LogP contribution in [0.25, 0.3) is 22.0 Å². The average molecular weight is 520 g/mol. The SMILES string of the molecule is CC.CC.O=C(NC1CCn2nc(-c3ccccc3F)nc2C1)c1[nH]ncc1-c1nc(C(F)F)cs1. The van der Waals surface area contributed by atoms with Crippen LogP contribution in [0, 0.1) is 5.82 Å². The number of carbonyl (C=O) groups is 1. The maximum absolute atomic E-state index is 14.1. The Bertz CT molecular complexity index is 1280. The molecule has 1 atom stereocenters. The van der Waals surface area contributed by atoms with Gasteiger partial charge in [0.2, 0.25) is 0 Å². The van der Waals surface area contributed by atoms with Crippen molar-refractivity contribution in [3.05, 3.63) is 58.9 Å². The molecule has 0 fully saturated rings. The molecule has 0 saturated carbocycles. The van der Waals surface area contributed by atoms with Crippen LogP contribution in [-0.4, -0.2) is 41.9 Å². The quantitative estimate of drug-likeness (QED) is 0.354. The highest BCUT2D eigenvalue weighted by Crippen LogP contribution is 2.30. The lowest BCUT2D eigenvalue weighted by molar-refractivity contribution is 0.0925. The number of aromatic nitrogens is 6. The number of hydrogen-bond donors (Lipinski definition) is 2. The summed E-state index contributed by atoms with van der Waals surface area (Å²) < 4.78 is 41.5. The van der Waals surface area contributed by atoms with E-state index in [1.165, 1.54) is 17.6 Å². The number of rotatable bonds is 5. The Balaban J connectivity index is 0.000000861. The lowest BCUT2D eigenvalue weighted by Gasteiger charge is -2.23. The largest absolute Gasteiger partial charge is 0.347 e. The van der Waals surface area contributed by atoms with Crippen LogP contribution in [0.1, 0.15) is 62.5 Å². The van der Waals surface area contributed by atoms with E-state index in [2.05, 4.69) is 30.6 Å². The molecule has 36 heavy (non-hydrogen) atoms. The summed E-state index contributed by atoms with van der Waals surface area (Å²) in [5.74, 6) is 0.133. The van der Waals surface area contributed by atoms with E-state index in [4.69, 9.17) is 0 Å². The second-order valence-corrected chi connectivity index (χ2v) is 8.11. The number of thiazole rings is 1. The molecule has 1 aliphatic rings. The molecule has 1 aromatic carbocycles. The summed E-state index contributed by atoms with van der Waals surface area (Å²) in [5.41, 5.74) is 0.498. The lowest BCUT2D eigenvalue weighted by Crippen LogP contribution is -2.40. The molecule has 1 aliphatic heterocycles. The van der Waals surface area contributed by atoms with Gasteiger partial charge in [0.05, 0.1) is 17.3 Å². The predicted molar refractivity (Wildman–Crippen MR) is 132 cm³/mol. The number of amides is 1. The van der Waals surface area contributed by atoms with Crippen molar-refractivity contribution in [3.8, 4) is 22.0 Å². The second kappa shape index (κ2) is 12.4. The third kappa shape index (κ3) is 5.81. The Labute approximate surface area is 211 Å². The van der Waals surface area contributed by atoms with Gasteiger partial charge in [-0.1, -0.05) is 39.8 Å². The van der Waals surface area contributed by atoms with E-state index in [9.17, 15) is 18.0 Å². The summed E-state index contributed by atoms with van der Waals surface area (Å²) in [6.45, 7) is 8.52. The molecule has 1 amide bonds. The molecule has 2 N–H and O–H groups in total. The van der Waals surface area contributed by atoms with Crippen LogP contribution in [0.5, 0.6) is 0 Å². The van der Waals surface area contributed by atoms with Crippen molar-refractivity contribution in [2.24, 2.45) is 0 Å². The third-order valence-electron chi connectivity index (χ3n) is 5.16. The summed E-state index contributed by atoms with van der Waals surface area (Å²) in [5, 5.41) is 15.4. The van der Waals surface area contributed by atoms with Crippen molar-refractivity contribution in [3.63, 3.8) is 0 Å². The first-order chi connectivity index (χ1) is 17.5. The zero-order valence-corrected chi connectivity index (χ0v) is 21.2. The Morgan fingerprint density at radius 1 is 1.17 bits per heavy atom. The van der Waals surface area contributed by atoms with Gasteiger partial charge in [0.15, 0.2) is 5.82 Å². The first-order valence-electron chi connectivity index (χ1n) is 11.8. The molecule has 1 unspecified atom stereocenters. The van der Waals surface area contributed by atoms with E-state index >= 15 is 0 Å². The van der Waals surface area contributed by atoms with E-state index < -0.39 is 18.1 Å². The summed E-state index contributed by atoms with van der Waals surface area (Å²) in [7, 11) is 0. The molecule has 0 saturated heterocycles. The van der Waals surface area contributed by atoms with Crippen molar-refractivity contribution < 1.29 is 18.0 Å². The van der Waals surface area contributed by atoms with Gasteiger partial charge in [-0.3, -0.25) is 9.89 Å². The fraction of sp³-hybridized carbons (Fsp3) is 0.375. The van der Waals surface area contributed by atoms with Gasteiger partial charge in [-0.15, -0.1) is 11.3 Å². The normalized spacial score (nSPS) is 14.3. The van der Waals surface area contributed by atoms with Crippen molar-refractivity contribution >= 4 is 17.2 Å². The van der Waals surface area contributed by atoms with Crippen molar-refractivity contribution in [1.82, 2.24) is 35.3 Å². The molecular weight excluding hydrogens is 491 g/mol. The molecule has 5 rings (SSSR count). The topological polar surface area (TPSA) is 101 Å². The van der Waals surface area contributed by atoms with Crippen LogP contribution in [0.4, 0.5) is 13.2 Å². The van der Waals surface area contributed by atoms with Crippen molar-refractivity contribution in [2.45, 2.75) is 59.5 Å². The molecule has 3 aromatic heterocycles. The number of aromatic amines is 1. The van der Waals surface area contributed by atoms with E-state index in [0.717, 1.165) is 11.3 Å². The molecule has 0 aliphatic carbocycles. The molecule has 0 bridgehead atoms. The molecule has 192 valence electrons. The Morgan fingerprint density at radius 2 is 1.92 bits per heavy atom. The minimum atomic E-state index is -2.68. The maximum Gasteiger partial charge on any atom is 0.281 e. The maximum atomic E-state index is 14.1. The molecular formula is C24H28F3N7OS. The van der Waals surface area contributed by atoms with Crippen LogP contribution < -0.4 is 5.32 Å². The molecule has 0 radical (unpaired) electrons. The third-order valence-corrected chi connectivity index (χ3v) is 6.05. The highest BCUT2D eigenvalue weighted by molar-refractivity contribution is 7.13. The first kappa shape index (κ1) is 27.1. The van der Waals surface area contributed by atoms with E-state index in [-0.39, 0.29) is 22.4 Å². The number of fused-ring (bicyclic) bond motifs is 1. The highest BCUT2D eigenvalue weighted by atomic mass is 32.1. The number of nitrogens with zero attached hydrogens (tertiary/aromatic N) is 5. The molecule has 4 aromatic rings. The number of aryl methyl sites for hydroxylation is 1. The summed E-state index contributed by atoms with van der Waals surface area (Å²) >= 11 is 1.02. The molecule has 0 spiro atoms. The van der Waals surface area contributed by atoms with E-state index in [1.807, 2.05) is 27.7 Å². The molecule has 12 heteroatoms. The zero-order valence-electron chi connectivity index (χ0n) is 20.4. The van der Waals surface area contributed by atoms with Crippen LogP contribution in [0.3, 0.4) is 0 Å². The van der Waals surface area contributed by atoms with Gasteiger partial charge >= 0.3 is 0 Å². The average Bonchev–Trinajstić information content (AvgIpc) is 3.65. The van der Waals surface area contributed by atoms with Gasteiger partial charge in [-0.2, -0.15) is 10.2 Å². The van der Waals surface area contributed by atoms with Gasteiger partial charge in [-0.05, 0) is 18.6 Å². The fourth-order valence-electron chi connectivity index (χ4n) is 3.57. The van der Waals surface area contributed by atoms with Gasteiger partial charge < -0.3 is 5.32 Å². The second-order valence-electron chi connectivity index (χ2n) is 7.25. The number of carbonyl (C=O) groups excluding carboxylic acids is 1. The minimum absolute atomic E-state index is 0.152.